The van der Waals surface area contributed by atoms with Crippen LogP contribution in [0.3, 0.4) is 0 Å². The van der Waals surface area contributed by atoms with Gasteiger partial charge in [-0.2, -0.15) is 0 Å². The largest absolute Gasteiger partial charge is 0.486 e. The summed E-state index contributed by atoms with van der Waals surface area (Å²) in [6, 6.07) is 5.79. The lowest BCUT2D eigenvalue weighted by atomic mass is 9.74. The van der Waals surface area contributed by atoms with Gasteiger partial charge in [-0.3, -0.25) is 9.59 Å². The lowest BCUT2D eigenvalue weighted by Crippen LogP contribution is -2.45. The van der Waals surface area contributed by atoms with Gasteiger partial charge >= 0.3 is 5.97 Å². The molecule has 3 aliphatic rings. The van der Waals surface area contributed by atoms with E-state index in [1.165, 1.54) is 0 Å². The van der Waals surface area contributed by atoms with Crippen LogP contribution in [-0.4, -0.2) is 67.2 Å². The number of aliphatic carboxylic acids is 1. The molecule has 0 bridgehead atoms. The average Bonchev–Trinajstić information content (AvgIpc) is 3.09. The van der Waals surface area contributed by atoms with Gasteiger partial charge in [0.2, 0.25) is 5.91 Å². The van der Waals surface area contributed by atoms with Gasteiger partial charge in [-0.1, -0.05) is 0 Å². The first kappa shape index (κ1) is 18.4. The van der Waals surface area contributed by atoms with E-state index in [0.717, 1.165) is 16.4 Å². The van der Waals surface area contributed by atoms with Crippen LogP contribution in [0.2, 0.25) is 0 Å². The molecule has 2 saturated heterocycles. The molecule has 0 spiro atoms. The van der Waals surface area contributed by atoms with E-state index in [-0.39, 0.29) is 11.8 Å². The number of nitrogens with zero attached hydrogens (tertiary/aromatic N) is 1. The van der Waals surface area contributed by atoms with Crippen molar-refractivity contribution in [3.8, 4) is 11.5 Å². The molecule has 0 radical (unpaired) electrons. The number of fused-ring (bicyclic) bond motifs is 2. The molecule has 0 aromatic heterocycles. The summed E-state index contributed by atoms with van der Waals surface area (Å²) >= 11 is 1.59. The second kappa shape index (κ2) is 7.59. The highest BCUT2D eigenvalue weighted by molar-refractivity contribution is 7.99. The second-order valence-electron chi connectivity index (χ2n) is 7.16. The third-order valence-electron chi connectivity index (χ3n) is 5.58. The molecular formula is C19H23NO6S. The Hall–Kier alpha value is -1.93. The Morgan fingerprint density at radius 3 is 2.81 bits per heavy atom. The Morgan fingerprint density at radius 1 is 1.22 bits per heavy atom. The zero-order chi connectivity index (χ0) is 18.9. The number of thioether (sulfide) groups is 1. The van der Waals surface area contributed by atoms with Gasteiger partial charge in [0.15, 0.2) is 11.5 Å². The summed E-state index contributed by atoms with van der Waals surface area (Å²) in [4.78, 5) is 27.2. The lowest BCUT2D eigenvalue weighted by molar-refractivity contribution is -0.157. The first-order valence-electron chi connectivity index (χ1n) is 9.20. The zero-order valence-corrected chi connectivity index (χ0v) is 15.8. The Bertz CT molecular complexity index is 741. The first-order chi connectivity index (χ1) is 13.1. The van der Waals surface area contributed by atoms with Crippen molar-refractivity contribution in [2.75, 3.05) is 45.3 Å². The molecule has 4 rings (SSSR count). The highest BCUT2D eigenvalue weighted by Gasteiger charge is 2.54. The van der Waals surface area contributed by atoms with E-state index in [4.69, 9.17) is 14.2 Å². The fourth-order valence-electron chi connectivity index (χ4n) is 4.02. The molecule has 27 heavy (non-hydrogen) atoms. The van der Waals surface area contributed by atoms with Gasteiger partial charge in [0.1, 0.15) is 13.2 Å². The van der Waals surface area contributed by atoms with E-state index in [9.17, 15) is 14.7 Å². The summed E-state index contributed by atoms with van der Waals surface area (Å²) < 4.78 is 16.5. The van der Waals surface area contributed by atoms with Crippen molar-refractivity contribution in [3.05, 3.63) is 18.2 Å². The smallest absolute Gasteiger partial charge is 0.311 e. The number of ether oxygens (including phenoxy) is 3. The van der Waals surface area contributed by atoms with Gasteiger partial charge < -0.3 is 24.2 Å². The third-order valence-corrected chi connectivity index (χ3v) is 6.58. The fraction of sp³-hybridized carbons (Fsp3) is 0.579. The predicted octanol–water partition coefficient (Wildman–Crippen LogP) is 1.89. The molecule has 1 aromatic rings. The Morgan fingerprint density at radius 2 is 2.04 bits per heavy atom. The van der Waals surface area contributed by atoms with Gasteiger partial charge in [0.25, 0.3) is 0 Å². The molecule has 0 aliphatic carbocycles. The van der Waals surface area contributed by atoms with Crippen molar-refractivity contribution in [2.24, 2.45) is 11.3 Å². The first-order valence-corrected chi connectivity index (χ1v) is 10.2. The minimum Gasteiger partial charge on any atom is -0.486 e. The lowest BCUT2D eigenvalue weighted by Gasteiger charge is -2.33. The number of amides is 1. The molecular weight excluding hydrogens is 370 g/mol. The number of benzene rings is 1. The maximum Gasteiger partial charge on any atom is 0.311 e. The van der Waals surface area contributed by atoms with Crippen LogP contribution >= 0.6 is 11.8 Å². The zero-order valence-electron chi connectivity index (χ0n) is 15.0. The van der Waals surface area contributed by atoms with E-state index >= 15 is 0 Å². The van der Waals surface area contributed by atoms with Crippen LogP contribution in [0.1, 0.15) is 12.8 Å². The van der Waals surface area contributed by atoms with Crippen molar-refractivity contribution in [1.29, 1.82) is 0 Å². The molecule has 2 atom stereocenters. The molecule has 1 amide bonds. The Labute approximate surface area is 161 Å². The van der Waals surface area contributed by atoms with Crippen LogP contribution in [-0.2, 0) is 14.3 Å². The fourth-order valence-corrected chi connectivity index (χ4v) is 4.88. The van der Waals surface area contributed by atoms with Crippen LogP contribution in [0.15, 0.2) is 23.1 Å². The van der Waals surface area contributed by atoms with E-state index in [1.54, 1.807) is 16.7 Å². The third kappa shape index (κ3) is 3.60. The number of hydrogen-bond donors (Lipinski definition) is 1. The monoisotopic (exact) mass is 393 g/mol. The highest BCUT2D eigenvalue weighted by atomic mass is 32.2. The Kier molecular flexibility index (Phi) is 5.19. The Balaban J connectivity index is 1.32. The number of carboxylic acids is 1. The summed E-state index contributed by atoms with van der Waals surface area (Å²) in [5, 5.41) is 9.70. The molecule has 146 valence electrons. The standard InChI is InChI=1S/C19H23NO6S/c21-17(20-10-13-11-24-5-4-19(13,12-20)18(22)23)3-8-27-14-1-2-15-16(9-14)26-7-6-25-15/h1-2,9,13H,3-8,10-12H2,(H,22,23)/t13-,19+/m1/s1. The predicted molar refractivity (Wildman–Crippen MR) is 98.3 cm³/mol. The van der Waals surface area contributed by atoms with Crippen molar-refractivity contribution in [1.82, 2.24) is 4.90 Å². The molecule has 2 fully saturated rings. The van der Waals surface area contributed by atoms with Crippen LogP contribution in [0.25, 0.3) is 0 Å². The van der Waals surface area contributed by atoms with Crippen molar-refractivity contribution >= 4 is 23.6 Å². The number of rotatable bonds is 5. The SMILES string of the molecule is O=C(CCSc1ccc2c(c1)OCCO2)N1C[C@@H]2COCC[C@]2(C(=O)O)C1. The summed E-state index contributed by atoms with van der Waals surface area (Å²) in [7, 11) is 0. The van der Waals surface area contributed by atoms with Crippen molar-refractivity contribution in [2.45, 2.75) is 17.7 Å². The van der Waals surface area contributed by atoms with E-state index < -0.39 is 11.4 Å². The van der Waals surface area contributed by atoms with Gasteiger partial charge in [-0.15, -0.1) is 11.8 Å². The molecule has 8 heteroatoms. The molecule has 3 heterocycles. The number of carbonyl (C=O) groups is 2. The second-order valence-corrected chi connectivity index (χ2v) is 8.33. The van der Waals surface area contributed by atoms with Crippen LogP contribution in [0.4, 0.5) is 0 Å². The van der Waals surface area contributed by atoms with Gasteiger partial charge in [-0.05, 0) is 24.6 Å². The van der Waals surface area contributed by atoms with E-state index in [2.05, 4.69) is 0 Å². The summed E-state index contributed by atoms with van der Waals surface area (Å²) in [6.45, 7) is 2.75. The molecule has 1 aromatic carbocycles. The maximum atomic E-state index is 12.6. The topological polar surface area (TPSA) is 85.3 Å². The molecule has 1 N–H and O–H groups in total. The summed E-state index contributed by atoms with van der Waals surface area (Å²) in [5.74, 6) is 1.22. The van der Waals surface area contributed by atoms with Gasteiger partial charge in [0, 0.05) is 42.7 Å². The van der Waals surface area contributed by atoms with Gasteiger partial charge in [-0.25, -0.2) is 0 Å². The molecule has 7 nitrogen and oxygen atoms in total. The highest BCUT2D eigenvalue weighted by Crippen LogP contribution is 2.42. The molecule has 0 saturated carbocycles. The van der Waals surface area contributed by atoms with Crippen LogP contribution < -0.4 is 9.47 Å². The summed E-state index contributed by atoms with van der Waals surface area (Å²) in [5.41, 5.74) is -0.836. The average molecular weight is 393 g/mol. The normalized spacial score (nSPS) is 26.5. The molecule has 0 unspecified atom stereocenters. The molecule has 3 aliphatic heterocycles. The maximum absolute atomic E-state index is 12.6. The van der Waals surface area contributed by atoms with Crippen LogP contribution in [0, 0.1) is 11.3 Å². The minimum atomic E-state index is -0.836. The van der Waals surface area contributed by atoms with Crippen molar-refractivity contribution < 1.29 is 28.9 Å². The van der Waals surface area contributed by atoms with E-state index in [0.29, 0.717) is 58.1 Å². The van der Waals surface area contributed by atoms with Gasteiger partial charge in [0.05, 0.1) is 12.0 Å². The number of carboxylic acid groups (broad SMARTS) is 1. The number of hydrogen-bond acceptors (Lipinski definition) is 6. The minimum absolute atomic E-state index is 0.00932. The quantitative estimate of drug-likeness (QED) is 0.765. The van der Waals surface area contributed by atoms with E-state index in [1.807, 2.05) is 18.2 Å². The summed E-state index contributed by atoms with van der Waals surface area (Å²) in [6.07, 6.45) is 0.852. The van der Waals surface area contributed by atoms with Crippen molar-refractivity contribution in [3.63, 3.8) is 0 Å². The number of likely N-dealkylation sites (tertiary alicyclic amines) is 1. The van der Waals surface area contributed by atoms with Crippen LogP contribution in [0.5, 0.6) is 11.5 Å². The number of carbonyl (C=O) groups excluding carboxylic acids is 1.